The molecule has 1 rings (SSSR count). The zero-order chi connectivity index (χ0) is 18.1. The molecule has 0 spiro atoms. The lowest BCUT2D eigenvalue weighted by Crippen LogP contribution is -2.46. The Morgan fingerprint density at radius 3 is 2.46 bits per heavy atom. The molecule has 1 aromatic rings. The molecule has 0 radical (unpaired) electrons. The molecule has 0 aromatic heterocycles. The lowest BCUT2D eigenvalue weighted by atomic mass is 10.2. The summed E-state index contributed by atoms with van der Waals surface area (Å²) in [6.45, 7) is 3.05. The maximum absolute atomic E-state index is 12.8. The molecule has 6 nitrogen and oxygen atoms in total. The zero-order valence-corrected chi connectivity index (χ0v) is 13.7. The molecule has 1 unspecified atom stereocenters. The van der Waals surface area contributed by atoms with Gasteiger partial charge in [-0.15, -0.1) is 0 Å². The minimum Gasteiger partial charge on any atom is -0.480 e. The Balaban J connectivity index is 2.67. The standard InChI is InChI=1S/C17H21FN2O4/c1-12(17(23)24)20(11-10-19-13(2)21)16(22)5-3-4-14-6-8-15(18)9-7-14/h3-4,6-9,12H,5,10-11H2,1-2H3,(H,19,21)(H,23,24)/b4-3+. The Morgan fingerprint density at radius 2 is 1.92 bits per heavy atom. The lowest BCUT2D eigenvalue weighted by Gasteiger charge is -2.26. The van der Waals surface area contributed by atoms with Crippen LogP contribution in [0.2, 0.25) is 0 Å². The first-order valence-electron chi connectivity index (χ1n) is 7.50. The number of nitrogens with zero attached hydrogens (tertiary/aromatic N) is 1. The van der Waals surface area contributed by atoms with Gasteiger partial charge in [-0.05, 0) is 24.6 Å². The normalized spacial score (nSPS) is 12.0. The van der Waals surface area contributed by atoms with Crippen LogP contribution in [0, 0.1) is 5.82 Å². The number of hydrogen-bond acceptors (Lipinski definition) is 3. The Morgan fingerprint density at radius 1 is 1.29 bits per heavy atom. The number of carbonyl (C=O) groups is 3. The number of nitrogens with one attached hydrogen (secondary N) is 1. The number of benzene rings is 1. The van der Waals surface area contributed by atoms with E-state index in [2.05, 4.69) is 5.32 Å². The highest BCUT2D eigenvalue weighted by molar-refractivity contribution is 5.84. The second-order valence-electron chi connectivity index (χ2n) is 5.24. The van der Waals surface area contributed by atoms with Crippen molar-refractivity contribution in [3.63, 3.8) is 0 Å². The van der Waals surface area contributed by atoms with Crippen molar-refractivity contribution in [2.45, 2.75) is 26.3 Å². The van der Waals surface area contributed by atoms with Crippen molar-refractivity contribution in [2.24, 2.45) is 0 Å². The molecule has 0 fully saturated rings. The van der Waals surface area contributed by atoms with E-state index in [1.807, 2.05) is 0 Å². The maximum atomic E-state index is 12.8. The summed E-state index contributed by atoms with van der Waals surface area (Å²) in [5.74, 6) is -2.08. The van der Waals surface area contributed by atoms with Gasteiger partial charge in [-0.25, -0.2) is 9.18 Å². The van der Waals surface area contributed by atoms with E-state index in [-0.39, 0.29) is 37.1 Å². The second-order valence-corrected chi connectivity index (χ2v) is 5.24. The molecule has 0 aliphatic heterocycles. The van der Waals surface area contributed by atoms with Crippen molar-refractivity contribution in [1.82, 2.24) is 10.2 Å². The molecule has 0 aliphatic rings. The largest absolute Gasteiger partial charge is 0.480 e. The molecule has 0 saturated carbocycles. The Kier molecular flexibility index (Phi) is 7.61. The quantitative estimate of drug-likeness (QED) is 0.756. The van der Waals surface area contributed by atoms with E-state index in [1.54, 1.807) is 24.3 Å². The molecular formula is C17H21FN2O4. The molecule has 24 heavy (non-hydrogen) atoms. The first kappa shape index (κ1) is 19.3. The molecule has 0 saturated heterocycles. The SMILES string of the molecule is CC(=O)NCCN(C(=O)C/C=C/c1ccc(F)cc1)C(C)C(=O)O. The summed E-state index contributed by atoms with van der Waals surface area (Å²) in [6, 6.07) is 4.78. The van der Waals surface area contributed by atoms with Crippen molar-refractivity contribution < 1.29 is 23.9 Å². The first-order valence-corrected chi connectivity index (χ1v) is 7.50. The molecule has 0 bridgehead atoms. The van der Waals surface area contributed by atoms with Crippen LogP contribution in [0.4, 0.5) is 4.39 Å². The van der Waals surface area contributed by atoms with Gasteiger partial charge in [-0.3, -0.25) is 9.59 Å². The lowest BCUT2D eigenvalue weighted by molar-refractivity contribution is -0.149. The van der Waals surface area contributed by atoms with Crippen molar-refractivity contribution >= 4 is 23.9 Å². The molecule has 7 heteroatoms. The van der Waals surface area contributed by atoms with Crippen LogP contribution in [-0.4, -0.2) is 46.9 Å². The topological polar surface area (TPSA) is 86.7 Å². The van der Waals surface area contributed by atoms with Crippen LogP contribution in [0.1, 0.15) is 25.8 Å². The highest BCUT2D eigenvalue weighted by Crippen LogP contribution is 2.07. The van der Waals surface area contributed by atoms with Crippen molar-refractivity contribution in [3.8, 4) is 0 Å². The average Bonchev–Trinajstić information content (AvgIpc) is 2.52. The third-order valence-electron chi connectivity index (χ3n) is 3.34. The van der Waals surface area contributed by atoms with Gasteiger partial charge >= 0.3 is 5.97 Å². The molecule has 1 atom stereocenters. The molecule has 1 aromatic carbocycles. The van der Waals surface area contributed by atoms with Gasteiger partial charge in [0.05, 0.1) is 0 Å². The monoisotopic (exact) mass is 336 g/mol. The minimum absolute atomic E-state index is 0.00900. The predicted molar refractivity (Wildman–Crippen MR) is 87.5 cm³/mol. The van der Waals surface area contributed by atoms with Crippen molar-refractivity contribution in [3.05, 3.63) is 41.7 Å². The molecule has 0 aliphatic carbocycles. The van der Waals surface area contributed by atoms with Crippen LogP contribution >= 0.6 is 0 Å². The summed E-state index contributed by atoms with van der Waals surface area (Å²) in [7, 11) is 0. The Labute approximate surface area is 140 Å². The van der Waals surface area contributed by atoms with Crippen LogP contribution in [0.3, 0.4) is 0 Å². The molecular weight excluding hydrogens is 315 g/mol. The summed E-state index contributed by atoms with van der Waals surface area (Å²) < 4.78 is 12.8. The number of hydrogen-bond donors (Lipinski definition) is 2. The number of rotatable bonds is 8. The third kappa shape index (κ3) is 6.60. The highest BCUT2D eigenvalue weighted by atomic mass is 19.1. The van der Waals surface area contributed by atoms with E-state index < -0.39 is 12.0 Å². The van der Waals surface area contributed by atoms with Crippen molar-refractivity contribution in [1.29, 1.82) is 0 Å². The van der Waals surface area contributed by atoms with Gasteiger partial charge in [0.15, 0.2) is 0 Å². The number of amides is 2. The second kappa shape index (κ2) is 9.44. The smallest absolute Gasteiger partial charge is 0.326 e. The van der Waals surface area contributed by atoms with Gasteiger partial charge in [-0.1, -0.05) is 24.3 Å². The van der Waals surface area contributed by atoms with Crippen LogP contribution < -0.4 is 5.32 Å². The summed E-state index contributed by atoms with van der Waals surface area (Å²) in [5, 5.41) is 11.6. The van der Waals surface area contributed by atoms with Gasteiger partial charge in [0.2, 0.25) is 11.8 Å². The minimum atomic E-state index is -1.12. The summed E-state index contributed by atoms with van der Waals surface area (Å²) in [5.41, 5.74) is 0.736. The number of halogens is 1. The summed E-state index contributed by atoms with van der Waals surface area (Å²) in [6.07, 6.45) is 3.26. The van der Waals surface area contributed by atoms with E-state index >= 15 is 0 Å². The van der Waals surface area contributed by atoms with Crippen LogP contribution in [-0.2, 0) is 14.4 Å². The third-order valence-corrected chi connectivity index (χ3v) is 3.34. The molecule has 2 amide bonds. The average molecular weight is 336 g/mol. The van der Waals surface area contributed by atoms with E-state index in [0.29, 0.717) is 0 Å². The van der Waals surface area contributed by atoms with Crippen LogP contribution in [0.15, 0.2) is 30.3 Å². The van der Waals surface area contributed by atoms with Gasteiger partial charge in [0.25, 0.3) is 0 Å². The number of carboxylic acid groups (broad SMARTS) is 1. The first-order chi connectivity index (χ1) is 11.3. The predicted octanol–water partition coefficient (Wildman–Crippen LogP) is 1.67. The number of carbonyl (C=O) groups excluding carboxylic acids is 2. The molecule has 130 valence electrons. The fraction of sp³-hybridized carbons (Fsp3) is 0.353. The van der Waals surface area contributed by atoms with Crippen LogP contribution in [0.5, 0.6) is 0 Å². The Hall–Kier alpha value is -2.70. The number of carboxylic acids is 1. The highest BCUT2D eigenvalue weighted by Gasteiger charge is 2.24. The fourth-order valence-corrected chi connectivity index (χ4v) is 2.01. The summed E-state index contributed by atoms with van der Waals surface area (Å²) in [4.78, 5) is 35.5. The van der Waals surface area contributed by atoms with Crippen LogP contribution in [0.25, 0.3) is 6.08 Å². The molecule has 2 N–H and O–H groups in total. The van der Waals surface area contributed by atoms with E-state index in [9.17, 15) is 18.8 Å². The van der Waals surface area contributed by atoms with Gasteiger partial charge in [0.1, 0.15) is 11.9 Å². The van der Waals surface area contributed by atoms with Crippen molar-refractivity contribution in [2.75, 3.05) is 13.1 Å². The van der Waals surface area contributed by atoms with E-state index in [0.717, 1.165) is 5.56 Å². The molecule has 0 heterocycles. The van der Waals surface area contributed by atoms with Gasteiger partial charge < -0.3 is 15.3 Å². The van der Waals surface area contributed by atoms with Gasteiger partial charge in [-0.2, -0.15) is 0 Å². The fourth-order valence-electron chi connectivity index (χ4n) is 2.01. The number of aliphatic carboxylic acids is 1. The maximum Gasteiger partial charge on any atom is 0.326 e. The Bertz CT molecular complexity index is 614. The summed E-state index contributed by atoms with van der Waals surface area (Å²) >= 11 is 0. The van der Waals surface area contributed by atoms with Gasteiger partial charge in [0, 0.05) is 26.4 Å². The van der Waals surface area contributed by atoms with E-state index in [1.165, 1.54) is 30.9 Å². The zero-order valence-electron chi connectivity index (χ0n) is 13.7. The van der Waals surface area contributed by atoms with E-state index in [4.69, 9.17) is 5.11 Å².